The van der Waals surface area contributed by atoms with Crippen molar-refractivity contribution in [3.8, 4) is 39.9 Å². The van der Waals surface area contributed by atoms with Gasteiger partial charge in [0.25, 0.3) is 0 Å². The summed E-state index contributed by atoms with van der Waals surface area (Å²) in [5.41, 5.74) is 4.55. The fourth-order valence-corrected chi connectivity index (χ4v) is 5.76. The number of aryl methyl sites for hydroxylation is 2. The monoisotopic (exact) mass is 558 g/mol. The van der Waals surface area contributed by atoms with E-state index in [4.69, 9.17) is 24.1 Å². The number of sulfonamides is 1. The maximum Gasteiger partial charge on any atom is 0.238 e. The van der Waals surface area contributed by atoms with Gasteiger partial charge in [-0.05, 0) is 47.3 Å². The molecule has 11 nitrogen and oxygen atoms in total. The predicted molar refractivity (Wildman–Crippen MR) is 143 cm³/mol. The summed E-state index contributed by atoms with van der Waals surface area (Å²) < 4.78 is 50.1. The second kappa shape index (κ2) is 9.21. The number of nitrogens with two attached hydrogens (primary N) is 1. The minimum absolute atomic E-state index is 0.0255. The summed E-state index contributed by atoms with van der Waals surface area (Å²) in [6.45, 7) is 1.16. The van der Waals surface area contributed by atoms with Gasteiger partial charge in [-0.2, -0.15) is 4.57 Å². The lowest BCUT2D eigenvalue weighted by Gasteiger charge is -2.20. The first-order valence-corrected chi connectivity index (χ1v) is 14.1. The summed E-state index contributed by atoms with van der Waals surface area (Å²) in [5.74, 6) is 2.75. The van der Waals surface area contributed by atoms with Crippen molar-refractivity contribution >= 4 is 20.8 Å². The van der Waals surface area contributed by atoms with Crippen LogP contribution >= 0.6 is 0 Å². The van der Waals surface area contributed by atoms with E-state index in [1.54, 1.807) is 30.1 Å². The molecule has 2 aliphatic heterocycles. The molecular formula is C28H24N5O6S+. The number of benzene rings is 3. The summed E-state index contributed by atoms with van der Waals surface area (Å²) in [6.07, 6.45) is 4.53. The van der Waals surface area contributed by atoms with Crippen LogP contribution in [0.15, 0.2) is 71.9 Å². The first-order valence-electron chi connectivity index (χ1n) is 12.5. The largest absolute Gasteiger partial charge is 0.493 e. The van der Waals surface area contributed by atoms with Gasteiger partial charge < -0.3 is 18.9 Å². The molecule has 7 rings (SSSR count). The molecule has 0 spiro atoms. The Kier molecular flexibility index (Phi) is 5.61. The molecule has 0 atom stereocenters. The van der Waals surface area contributed by atoms with Gasteiger partial charge in [0.2, 0.25) is 34.5 Å². The van der Waals surface area contributed by atoms with E-state index < -0.39 is 10.0 Å². The van der Waals surface area contributed by atoms with E-state index in [0.717, 1.165) is 46.5 Å². The van der Waals surface area contributed by atoms with Crippen molar-refractivity contribution in [1.82, 2.24) is 15.0 Å². The van der Waals surface area contributed by atoms with Crippen LogP contribution in [0.1, 0.15) is 11.3 Å². The molecule has 0 fully saturated rings. The third-order valence-corrected chi connectivity index (χ3v) is 8.10. The Labute approximate surface area is 229 Å². The number of rotatable bonds is 6. The molecule has 0 aliphatic carbocycles. The predicted octanol–water partition coefficient (Wildman–Crippen LogP) is 2.89. The van der Waals surface area contributed by atoms with Gasteiger partial charge in [0, 0.05) is 11.8 Å². The van der Waals surface area contributed by atoms with E-state index in [-0.39, 0.29) is 18.3 Å². The van der Waals surface area contributed by atoms with Crippen LogP contribution in [0.4, 0.5) is 0 Å². The molecule has 0 amide bonds. The highest BCUT2D eigenvalue weighted by Crippen LogP contribution is 2.43. The maximum absolute atomic E-state index is 11.5. The molecule has 0 bridgehead atoms. The number of pyridine rings is 1. The number of hydrogen-bond donors (Lipinski definition) is 1. The van der Waals surface area contributed by atoms with Crippen molar-refractivity contribution in [2.24, 2.45) is 5.14 Å². The lowest BCUT2D eigenvalue weighted by atomic mass is 9.91. The van der Waals surface area contributed by atoms with Crippen molar-refractivity contribution in [3.63, 3.8) is 0 Å². The van der Waals surface area contributed by atoms with E-state index in [0.29, 0.717) is 22.9 Å². The summed E-state index contributed by atoms with van der Waals surface area (Å²) in [6, 6.07) is 16.3. The Morgan fingerprint density at radius 3 is 2.67 bits per heavy atom. The molecule has 4 heterocycles. The van der Waals surface area contributed by atoms with Crippen molar-refractivity contribution in [2.75, 3.05) is 13.9 Å². The molecule has 2 aliphatic rings. The highest BCUT2D eigenvalue weighted by Gasteiger charge is 2.30. The van der Waals surface area contributed by atoms with Crippen molar-refractivity contribution < 1.29 is 31.9 Å². The quantitative estimate of drug-likeness (QED) is 0.315. The number of aromatic nitrogens is 4. The summed E-state index contributed by atoms with van der Waals surface area (Å²) in [4.78, 5) is 0.0255. The number of primary sulfonamides is 1. The molecule has 202 valence electrons. The van der Waals surface area contributed by atoms with E-state index in [9.17, 15) is 8.42 Å². The van der Waals surface area contributed by atoms with Crippen molar-refractivity contribution in [2.45, 2.75) is 24.5 Å². The Bertz CT molecular complexity index is 1900. The molecule has 5 aromatic rings. The van der Waals surface area contributed by atoms with Crippen LogP contribution in [0, 0.1) is 0 Å². The van der Waals surface area contributed by atoms with Crippen LogP contribution in [-0.2, 0) is 29.6 Å². The minimum Gasteiger partial charge on any atom is -0.493 e. The number of hydrogen-bond acceptors (Lipinski definition) is 8. The topological polar surface area (TPSA) is 132 Å². The smallest absolute Gasteiger partial charge is 0.238 e. The van der Waals surface area contributed by atoms with Gasteiger partial charge in [0.15, 0.2) is 23.8 Å². The minimum atomic E-state index is -3.78. The molecule has 40 heavy (non-hydrogen) atoms. The third kappa shape index (κ3) is 4.08. The number of fused-ring (bicyclic) bond motifs is 6. The number of nitrogens with zero attached hydrogens (tertiary/aromatic N) is 4. The molecule has 0 radical (unpaired) electrons. The molecule has 0 saturated carbocycles. The second-order valence-electron chi connectivity index (χ2n) is 9.51. The average Bonchev–Trinajstić information content (AvgIpc) is 3.63. The lowest BCUT2D eigenvalue weighted by Crippen LogP contribution is -2.40. The van der Waals surface area contributed by atoms with Crippen LogP contribution in [0.5, 0.6) is 23.0 Å². The van der Waals surface area contributed by atoms with Crippen LogP contribution < -0.4 is 28.7 Å². The van der Waals surface area contributed by atoms with Gasteiger partial charge in [-0.1, -0.05) is 17.3 Å². The molecule has 0 saturated heterocycles. The summed E-state index contributed by atoms with van der Waals surface area (Å²) in [5, 5.41) is 15.6. The van der Waals surface area contributed by atoms with Crippen LogP contribution in [0.2, 0.25) is 0 Å². The summed E-state index contributed by atoms with van der Waals surface area (Å²) >= 11 is 0. The number of methoxy groups -OCH3 is 1. The highest BCUT2D eigenvalue weighted by molar-refractivity contribution is 7.89. The lowest BCUT2D eigenvalue weighted by molar-refractivity contribution is -0.687. The number of ether oxygens (including phenoxy) is 4. The Hall–Kier alpha value is -4.68. The highest BCUT2D eigenvalue weighted by atomic mass is 32.2. The SMILES string of the molecule is COc1ccc2ccc3c(c2c1OCc1cn(-c2ccc(S(N)(=O)=O)cc2)nn1)CC[n+]1cc2c(cc1-3)OCO2. The Morgan fingerprint density at radius 2 is 1.88 bits per heavy atom. The molecule has 12 heteroatoms. The second-order valence-corrected chi connectivity index (χ2v) is 11.1. The first kappa shape index (κ1) is 24.4. The first-order chi connectivity index (χ1) is 19.4. The third-order valence-electron chi connectivity index (χ3n) is 7.17. The molecular weight excluding hydrogens is 534 g/mol. The molecule has 0 unspecified atom stereocenters. The van der Waals surface area contributed by atoms with Crippen molar-refractivity contribution in [3.05, 3.63) is 78.2 Å². The zero-order valence-electron chi connectivity index (χ0n) is 21.4. The normalized spacial score (nSPS) is 13.7. The maximum atomic E-state index is 11.5. The summed E-state index contributed by atoms with van der Waals surface area (Å²) in [7, 11) is -2.15. The van der Waals surface area contributed by atoms with E-state index >= 15 is 0 Å². The molecule has 2 aromatic heterocycles. The Balaban J connectivity index is 1.23. The van der Waals surface area contributed by atoms with Crippen molar-refractivity contribution in [1.29, 1.82) is 0 Å². The molecule has 2 N–H and O–H groups in total. The zero-order chi connectivity index (χ0) is 27.4. The van der Waals surface area contributed by atoms with Gasteiger partial charge in [0.1, 0.15) is 12.3 Å². The molecule has 3 aromatic carbocycles. The van der Waals surface area contributed by atoms with Crippen LogP contribution in [0.3, 0.4) is 0 Å². The van der Waals surface area contributed by atoms with Gasteiger partial charge >= 0.3 is 0 Å². The fraction of sp³-hybridized carbons (Fsp3) is 0.179. The Morgan fingerprint density at radius 1 is 1.07 bits per heavy atom. The van der Waals surface area contributed by atoms with Gasteiger partial charge in [0.05, 0.1) is 35.5 Å². The van der Waals surface area contributed by atoms with E-state index in [2.05, 4.69) is 27.0 Å². The van der Waals surface area contributed by atoms with Crippen LogP contribution in [0.25, 0.3) is 27.7 Å². The van der Waals surface area contributed by atoms with Crippen LogP contribution in [-0.4, -0.2) is 37.3 Å². The van der Waals surface area contributed by atoms with Gasteiger partial charge in [-0.3, -0.25) is 0 Å². The standard InChI is InChI=1S/C28H24N5O6S/c1-36-24-9-3-17-2-8-21-22(10-11-32-14-26-25(12-23(21)32)38-16-39-26)27(17)28(24)37-15-18-13-33(31-30-18)19-4-6-20(7-5-19)40(29,34)35/h2-9,12-14H,10-11,15-16H2,1H3,(H2,29,34,35)/q+1. The van der Waals surface area contributed by atoms with E-state index in [1.165, 1.54) is 17.7 Å². The fourth-order valence-electron chi connectivity index (χ4n) is 5.25. The average molecular weight is 559 g/mol. The van der Waals surface area contributed by atoms with E-state index in [1.807, 2.05) is 24.4 Å². The van der Waals surface area contributed by atoms with Gasteiger partial charge in [-0.15, -0.1) is 5.10 Å². The zero-order valence-corrected chi connectivity index (χ0v) is 22.2. The van der Waals surface area contributed by atoms with Gasteiger partial charge in [-0.25, -0.2) is 18.2 Å².